The molecule has 1 atom stereocenters. The molecular weight excluding hydrogens is 359 g/mol. The van der Waals surface area contributed by atoms with Crippen LogP contribution in [0.2, 0.25) is 10.0 Å². The summed E-state index contributed by atoms with van der Waals surface area (Å²) in [6.45, 7) is 4.90. The van der Waals surface area contributed by atoms with Crippen molar-refractivity contribution < 1.29 is 24.5 Å². The van der Waals surface area contributed by atoms with E-state index in [1.165, 1.54) is 13.0 Å². The third-order valence-electron chi connectivity index (χ3n) is 3.34. The van der Waals surface area contributed by atoms with Crippen molar-refractivity contribution in [1.82, 2.24) is 10.6 Å². The van der Waals surface area contributed by atoms with Crippen LogP contribution in [-0.2, 0) is 9.53 Å². The van der Waals surface area contributed by atoms with Crippen molar-refractivity contribution in [1.29, 1.82) is 0 Å². The van der Waals surface area contributed by atoms with E-state index in [1.54, 1.807) is 13.8 Å². The first-order chi connectivity index (χ1) is 11.1. The molecule has 2 rings (SSSR count). The molecule has 0 spiro atoms. The molecule has 2 amide bonds. The van der Waals surface area contributed by atoms with Crippen molar-refractivity contribution in [2.24, 2.45) is 0 Å². The molecule has 0 bridgehead atoms. The fraction of sp³-hybridized carbons (Fsp3) is 0.333. The SMILES string of the molecule is CC1=C(C(=O)OC(C)C)C(c2cc(Cl)c(O)c(Cl)c2O)NC(=O)N1. The van der Waals surface area contributed by atoms with E-state index in [0.29, 0.717) is 0 Å². The van der Waals surface area contributed by atoms with Gasteiger partial charge in [0, 0.05) is 11.3 Å². The van der Waals surface area contributed by atoms with Gasteiger partial charge in [-0.3, -0.25) is 0 Å². The summed E-state index contributed by atoms with van der Waals surface area (Å²) in [6.07, 6.45) is -0.378. The Hall–Kier alpha value is -2.12. The Morgan fingerprint density at radius 1 is 1.29 bits per heavy atom. The zero-order chi connectivity index (χ0) is 18.2. The number of aromatic hydroxyl groups is 2. The molecule has 130 valence electrons. The maximum absolute atomic E-state index is 12.4. The Morgan fingerprint density at radius 3 is 2.50 bits per heavy atom. The summed E-state index contributed by atoms with van der Waals surface area (Å²) < 4.78 is 5.19. The Bertz CT molecular complexity index is 746. The number of carbonyl (C=O) groups is 2. The Labute approximate surface area is 148 Å². The predicted molar refractivity (Wildman–Crippen MR) is 88.1 cm³/mol. The van der Waals surface area contributed by atoms with Crippen LogP contribution in [0.5, 0.6) is 11.5 Å². The van der Waals surface area contributed by atoms with E-state index in [1.807, 2.05) is 0 Å². The third-order valence-corrected chi connectivity index (χ3v) is 3.99. The van der Waals surface area contributed by atoms with Gasteiger partial charge in [0.1, 0.15) is 10.8 Å². The lowest BCUT2D eigenvalue weighted by Crippen LogP contribution is -2.45. The topological polar surface area (TPSA) is 108 Å². The van der Waals surface area contributed by atoms with Gasteiger partial charge in [0.15, 0.2) is 5.75 Å². The highest BCUT2D eigenvalue weighted by Gasteiger charge is 2.35. The summed E-state index contributed by atoms with van der Waals surface area (Å²) in [5.41, 5.74) is 0.429. The predicted octanol–water partition coefficient (Wildman–Crippen LogP) is 2.98. The minimum absolute atomic E-state index is 0.0627. The molecule has 1 aromatic rings. The fourth-order valence-corrected chi connectivity index (χ4v) is 2.78. The first kappa shape index (κ1) is 18.2. The number of nitrogens with one attached hydrogen (secondary N) is 2. The molecule has 0 aromatic heterocycles. The normalized spacial score (nSPS) is 17.6. The molecule has 9 heteroatoms. The Morgan fingerprint density at radius 2 is 1.92 bits per heavy atom. The molecule has 1 unspecified atom stereocenters. The van der Waals surface area contributed by atoms with Crippen LogP contribution in [0.15, 0.2) is 17.3 Å². The first-order valence-corrected chi connectivity index (χ1v) is 7.78. The number of hydrogen-bond acceptors (Lipinski definition) is 5. The van der Waals surface area contributed by atoms with Crippen LogP contribution < -0.4 is 10.6 Å². The van der Waals surface area contributed by atoms with Crippen LogP contribution in [0.3, 0.4) is 0 Å². The number of phenolic OH excluding ortho intramolecular Hbond substituents is 2. The molecule has 0 saturated carbocycles. The number of esters is 1. The second-order valence-corrected chi connectivity index (χ2v) is 6.27. The largest absolute Gasteiger partial charge is 0.506 e. The average molecular weight is 375 g/mol. The Kier molecular flexibility index (Phi) is 5.15. The minimum Gasteiger partial charge on any atom is -0.506 e. The van der Waals surface area contributed by atoms with Gasteiger partial charge in [0.2, 0.25) is 0 Å². The quantitative estimate of drug-likeness (QED) is 0.608. The van der Waals surface area contributed by atoms with Crippen molar-refractivity contribution in [3.8, 4) is 11.5 Å². The van der Waals surface area contributed by atoms with Gasteiger partial charge < -0.3 is 25.6 Å². The van der Waals surface area contributed by atoms with Crippen molar-refractivity contribution in [2.45, 2.75) is 32.9 Å². The summed E-state index contributed by atoms with van der Waals surface area (Å²) in [7, 11) is 0. The van der Waals surface area contributed by atoms with E-state index < -0.39 is 29.5 Å². The summed E-state index contributed by atoms with van der Waals surface area (Å²) in [6, 6.07) is -0.386. The Balaban J connectivity index is 2.60. The number of urea groups is 1. The number of carbonyl (C=O) groups excluding carboxylic acids is 2. The van der Waals surface area contributed by atoms with Gasteiger partial charge in [-0.15, -0.1) is 0 Å². The molecule has 1 heterocycles. The van der Waals surface area contributed by atoms with Crippen molar-refractivity contribution >= 4 is 35.2 Å². The molecule has 24 heavy (non-hydrogen) atoms. The molecule has 1 aliphatic rings. The van der Waals surface area contributed by atoms with Gasteiger partial charge in [-0.1, -0.05) is 23.2 Å². The van der Waals surface area contributed by atoms with E-state index in [4.69, 9.17) is 27.9 Å². The summed E-state index contributed by atoms with van der Waals surface area (Å²) in [5, 5.41) is 24.4. The first-order valence-electron chi connectivity index (χ1n) is 7.02. The van der Waals surface area contributed by atoms with Crippen molar-refractivity contribution in [3.63, 3.8) is 0 Å². The van der Waals surface area contributed by atoms with E-state index in [0.717, 1.165) is 0 Å². The number of amides is 2. The molecule has 4 N–H and O–H groups in total. The minimum atomic E-state index is -1.04. The lowest BCUT2D eigenvalue weighted by molar-refractivity contribution is -0.143. The highest BCUT2D eigenvalue weighted by atomic mass is 35.5. The fourth-order valence-electron chi connectivity index (χ4n) is 2.31. The lowest BCUT2D eigenvalue weighted by Gasteiger charge is -2.29. The number of halogens is 2. The molecule has 0 fully saturated rings. The molecule has 0 saturated heterocycles. The van der Waals surface area contributed by atoms with Crippen LogP contribution in [0, 0.1) is 0 Å². The van der Waals surface area contributed by atoms with Crippen molar-refractivity contribution in [2.75, 3.05) is 0 Å². The van der Waals surface area contributed by atoms with E-state index in [9.17, 15) is 19.8 Å². The van der Waals surface area contributed by atoms with Gasteiger partial charge in [0.25, 0.3) is 0 Å². The number of benzene rings is 1. The number of hydrogen-bond donors (Lipinski definition) is 4. The van der Waals surface area contributed by atoms with Gasteiger partial charge in [0.05, 0.1) is 22.7 Å². The van der Waals surface area contributed by atoms with Crippen LogP contribution in [0.4, 0.5) is 4.79 Å². The summed E-state index contributed by atoms with van der Waals surface area (Å²) in [4.78, 5) is 24.2. The van der Waals surface area contributed by atoms with Gasteiger partial charge in [-0.05, 0) is 26.8 Å². The molecule has 1 aliphatic heterocycles. The molecule has 0 aliphatic carbocycles. The van der Waals surface area contributed by atoms with Gasteiger partial charge in [-0.25, -0.2) is 9.59 Å². The number of allylic oxidation sites excluding steroid dienone is 1. The van der Waals surface area contributed by atoms with Gasteiger partial charge >= 0.3 is 12.0 Å². The zero-order valence-corrected chi connectivity index (χ0v) is 14.6. The maximum Gasteiger partial charge on any atom is 0.338 e. The van der Waals surface area contributed by atoms with Crippen LogP contribution in [0.1, 0.15) is 32.4 Å². The number of rotatable bonds is 3. The second-order valence-electron chi connectivity index (χ2n) is 5.48. The number of ether oxygens (including phenoxy) is 1. The third kappa shape index (κ3) is 3.37. The number of phenols is 2. The van der Waals surface area contributed by atoms with E-state index in [-0.39, 0.29) is 33.0 Å². The van der Waals surface area contributed by atoms with Crippen LogP contribution >= 0.6 is 23.2 Å². The maximum atomic E-state index is 12.4. The zero-order valence-electron chi connectivity index (χ0n) is 13.1. The standard InChI is InChI=1S/C15H16Cl2N2O5/c1-5(2)24-14(22)9-6(3)18-15(23)19-11(9)7-4-8(16)13(21)10(17)12(7)20/h4-5,11,20-21H,1-3H3,(H2,18,19,23). The van der Waals surface area contributed by atoms with E-state index in [2.05, 4.69) is 10.6 Å². The molecular formula is C15H16Cl2N2O5. The van der Waals surface area contributed by atoms with Gasteiger partial charge in [-0.2, -0.15) is 0 Å². The van der Waals surface area contributed by atoms with E-state index >= 15 is 0 Å². The van der Waals surface area contributed by atoms with Crippen LogP contribution in [0.25, 0.3) is 0 Å². The lowest BCUT2D eigenvalue weighted by atomic mass is 9.94. The highest BCUT2D eigenvalue weighted by molar-refractivity contribution is 6.38. The monoisotopic (exact) mass is 374 g/mol. The van der Waals surface area contributed by atoms with Crippen molar-refractivity contribution in [3.05, 3.63) is 32.9 Å². The highest BCUT2D eigenvalue weighted by Crippen LogP contribution is 2.45. The molecule has 1 aromatic carbocycles. The second kappa shape index (κ2) is 6.78. The smallest absolute Gasteiger partial charge is 0.338 e. The van der Waals surface area contributed by atoms with Crippen LogP contribution in [-0.4, -0.2) is 28.3 Å². The average Bonchev–Trinajstić information content (AvgIpc) is 2.47. The summed E-state index contributed by atoms with van der Waals surface area (Å²) in [5.74, 6) is -1.65. The molecule has 7 nitrogen and oxygen atoms in total. The molecule has 0 radical (unpaired) electrons. The summed E-state index contributed by atoms with van der Waals surface area (Å²) >= 11 is 11.7.